The summed E-state index contributed by atoms with van der Waals surface area (Å²) < 4.78 is 7.34. The third-order valence-electron chi connectivity index (χ3n) is 3.66. The molecule has 4 nitrogen and oxygen atoms in total. The lowest BCUT2D eigenvalue weighted by Crippen LogP contribution is -2.37. The molecule has 1 aromatic carbocycles. The first-order chi connectivity index (χ1) is 9.58. The Balaban J connectivity index is 1.96. The molecule has 2 aromatic rings. The molecule has 1 amide bonds. The van der Waals surface area contributed by atoms with E-state index < -0.39 is 0 Å². The van der Waals surface area contributed by atoms with Gasteiger partial charge in [0.2, 0.25) is 0 Å². The van der Waals surface area contributed by atoms with Crippen LogP contribution in [0.25, 0.3) is 10.1 Å². The van der Waals surface area contributed by atoms with Gasteiger partial charge < -0.3 is 15.4 Å². The third kappa shape index (κ3) is 2.32. The number of carbonyl (C=O) groups excluding carboxylic acids is 1. The Morgan fingerprint density at radius 1 is 1.55 bits per heavy atom. The predicted molar refractivity (Wildman–Crippen MR) is 85.3 cm³/mol. The monoisotopic (exact) mass is 354 g/mol. The first-order valence-electron chi connectivity index (χ1n) is 6.40. The average Bonchev–Trinajstić information content (AvgIpc) is 3.06. The van der Waals surface area contributed by atoms with Crippen molar-refractivity contribution in [2.24, 2.45) is 0 Å². The smallest absolute Gasteiger partial charge is 0.266 e. The van der Waals surface area contributed by atoms with Crippen LogP contribution in [0.15, 0.2) is 22.7 Å². The van der Waals surface area contributed by atoms with Crippen LogP contribution in [0.2, 0.25) is 0 Å². The van der Waals surface area contributed by atoms with Gasteiger partial charge in [-0.3, -0.25) is 4.79 Å². The molecule has 1 aliphatic heterocycles. The van der Waals surface area contributed by atoms with E-state index in [9.17, 15) is 4.79 Å². The highest BCUT2D eigenvalue weighted by Gasteiger charge is 2.27. The van der Waals surface area contributed by atoms with Crippen LogP contribution >= 0.6 is 27.3 Å². The molecule has 1 aliphatic rings. The van der Waals surface area contributed by atoms with Crippen LogP contribution in [0.3, 0.4) is 0 Å². The fraction of sp³-hybridized carbons (Fsp3) is 0.357. The van der Waals surface area contributed by atoms with Gasteiger partial charge in [-0.25, -0.2) is 0 Å². The van der Waals surface area contributed by atoms with Gasteiger partial charge in [0.1, 0.15) is 4.88 Å². The lowest BCUT2D eigenvalue weighted by molar-refractivity contribution is 0.0717. The summed E-state index contributed by atoms with van der Waals surface area (Å²) in [6, 6.07) is 6.05. The Labute approximate surface area is 129 Å². The zero-order valence-corrected chi connectivity index (χ0v) is 13.5. The van der Waals surface area contributed by atoms with Crippen molar-refractivity contribution >= 4 is 48.9 Å². The van der Waals surface area contributed by atoms with E-state index in [1.54, 1.807) is 4.90 Å². The molecular formula is C14H15BrN2O2S. The van der Waals surface area contributed by atoms with Crippen molar-refractivity contribution in [1.82, 2.24) is 4.90 Å². The van der Waals surface area contributed by atoms with E-state index in [-0.39, 0.29) is 11.9 Å². The van der Waals surface area contributed by atoms with Gasteiger partial charge >= 0.3 is 0 Å². The number of ether oxygens (including phenoxy) is 1. The minimum atomic E-state index is -0.0182. The van der Waals surface area contributed by atoms with Gasteiger partial charge in [0.15, 0.2) is 0 Å². The van der Waals surface area contributed by atoms with Gasteiger partial charge in [0.25, 0.3) is 5.91 Å². The normalized spacial score (nSPS) is 18.6. The summed E-state index contributed by atoms with van der Waals surface area (Å²) in [5, 5.41) is 0.934. The molecule has 1 aromatic heterocycles. The second-order valence-corrected chi connectivity index (χ2v) is 6.89. The first kappa shape index (κ1) is 13.9. The molecule has 3 rings (SSSR count). The summed E-state index contributed by atoms with van der Waals surface area (Å²) in [6.07, 6.45) is 0.887. The van der Waals surface area contributed by atoms with Crippen molar-refractivity contribution in [3.63, 3.8) is 0 Å². The summed E-state index contributed by atoms with van der Waals surface area (Å²) in [4.78, 5) is 15.0. The van der Waals surface area contributed by atoms with E-state index in [0.29, 0.717) is 17.2 Å². The molecule has 106 valence electrons. The summed E-state index contributed by atoms with van der Waals surface area (Å²) in [6.45, 7) is 1.33. The predicted octanol–water partition coefficient (Wildman–Crippen LogP) is 3.11. The number of hydrogen-bond donors (Lipinski definition) is 1. The summed E-state index contributed by atoms with van der Waals surface area (Å²) in [5.74, 6) is -0.0182. The number of nitrogen functional groups attached to an aromatic ring is 1. The maximum Gasteiger partial charge on any atom is 0.266 e. The van der Waals surface area contributed by atoms with Gasteiger partial charge in [-0.05, 0) is 24.6 Å². The second-order valence-electron chi connectivity index (χ2n) is 4.92. The minimum absolute atomic E-state index is 0.0182. The van der Waals surface area contributed by atoms with Gasteiger partial charge in [-0.15, -0.1) is 11.3 Å². The average molecular weight is 355 g/mol. The van der Waals surface area contributed by atoms with Crippen LogP contribution in [0.5, 0.6) is 0 Å². The molecular weight excluding hydrogens is 340 g/mol. The SMILES string of the molecule is CN(C(=O)c1sc2ccc(Br)cc2c1N)C1CCOC1. The first-order valence-corrected chi connectivity index (χ1v) is 8.01. The van der Waals surface area contributed by atoms with Crippen molar-refractivity contribution in [3.8, 4) is 0 Å². The zero-order valence-electron chi connectivity index (χ0n) is 11.1. The van der Waals surface area contributed by atoms with Gasteiger partial charge in [0.05, 0.1) is 18.3 Å². The van der Waals surface area contributed by atoms with Crippen molar-refractivity contribution in [2.45, 2.75) is 12.5 Å². The highest BCUT2D eigenvalue weighted by atomic mass is 79.9. The number of amides is 1. The van der Waals surface area contributed by atoms with E-state index in [1.807, 2.05) is 25.2 Å². The van der Waals surface area contributed by atoms with Gasteiger partial charge in [-0.2, -0.15) is 0 Å². The summed E-state index contributed by atoms with van der Waals surface area (Å²) >= 11 is 4.88. The quantitative estimate of drug-likeness (QED) is 0.901. The van der Waals surface area contributed by atoms with Crippen LogP contribution in [0.1, 0.15) is 16.1 Å². The summed E-state index contributed by atoms with van der Waals surface area (Å²) in [5.41, 5.74) is 6.73. The Morgan fingerprint density at radius 2 is 2.35 bits per heavy atom. The molecule has 1 saturated heterocycles. The van der Waals surface area contributed by atoms with Crippen LogP contribution in [-0.4, -0.2) is 37.1 Å². The van der Waals surface area contributed by atoms with Crippen molar-refractivity contribution in [2.75, 3.05) is 26.0 Å². The van der Waals surface area contributed by atoms with Crippen LogP contribution < -0.4 is 5.73 Å². The van der Waals surface area contributed by atoms with Crippen LogP contribution in [-0.2, 0) is 4.74 Å². The molecule has 1 unspecified atom stereocenters. The molecule has 20 heavy (non-hydrogen) atoms. The van der Waals surface area contributed by atoms with Crippen molar-refractivity contribution < 1.29 is 9.53 Å². The Kier molecular flexibility index (Phi) is 3.70. The molecule has 0 radical (unpaired) electrons. The van der Waals surface area contributed by atoms with E-state index >= 15 is 0 Å². The topological polar surface area (TPSA) is 55.6 Å². The van der Waals surface area contributed by atoms with Crippen molar-refractivity contribution in [1.29, 1.82) is 0 Å². The lowest BCUT2D eigenvalue weighted by atomic mass is 10.2. The molecule has 1 atom stereocenters. The number of nitrogens with two attached hydrogens (primary N) is 1. The highest BCUT2D eigenvalue weighted by molar-refractivity contribution is 9.10. The standard InChI is InChI=1S/C14H15BrN2O2S/c1-17(9-4-5-19-7-9)14(18)13-12(16)10-6-8(15)2-3-11(10)20-13/h2-3,6,9H,4-5,7,16H2,1H3. The molecule has 1 fully saturated rings. The molecule has 0 spiro atoms. The third-order valence-corrected chi connectivity index (χ3v) is 5.32. The Morgan fingerprint density at radius 3 is 3.05 bits per heavy atom. The van der Waals surface area contributed by atoms with Gasteiger partial charge in [-0.1, -0.05) is 15.9 Å². The van der Waals surface area contributed by atoms with E-state index in [4.69, 9.17) is 10.5 Å². The Hall–Kier alpha value is -1.11. The minimum Gasteiger partial charge on any atom is -0.397 e. The molecule has 0 bridgehead atoms. The van der Waals surface area contributed by atoms with E-state index in [2.05, 4.69) is 15.9 Å². The number of halogens is 1. The van der Waals surface area contributed by atoms with Crippen LogP contribution in [0.4, 0.5) is 5.69 Å². The maximum absolute atomic E-state index is 12.6. The number of hydrogen-bond acceptors (Lipinski definition) is 4. The van der Waals surface area contributed by atoms with E-state index in [0.717, 1.165) is 27.6 Å². The molecule has 6 heteroatoms. The highest BCUT2D eigenvalue weighted by Crippen LogP contribution is 2.36. The molecule has 0 aliphatic carbocycles. The van der Waals surface area contributed by atoms with E-state index in [1.165, 1.54) is 11.3 Å². The number of carbonyl (C=O) groups is 1. The zero-order chi connectivity index (χ0) is 14.3. The number of likely N-dealkylation sites (N-methyl/N-ethyl adjacent to an activating group) is 1. The number of fused-ring (bicyclic) bond motifs is 1. The van der Waals surface area contributed by atoms with Crippen molar-refractivity contribution in [3.05, 3.63) is 27.5 Å². The number of benzene rings is 1. The second kappa shape index (κ2) is 5.35. The Bertz CT molecular complexity index is 664. The molecule has 2 heterocycles. The number of nitrogens with zero attached hydrogens (tertiary/aromatic N) is 1. The fourth-order valence-electron chi connectivity index (χ4n) is 2.40. The molecule has 0 saturated carbocycles. The number of rotatable bonds is 2. The maximum atomic E-state index is 12.6. The lowest BCUT2D eigenvalue weighted by Gasteiger charge is -2.22. The number of thiophene rings is 1. The fourth-order valence-corrected chi connectivity index (χ4v) is 3.85. The largest absolute Gasteiger partial charge is 0.397 e. The molecule has 2 N–H and O–H groups in total. The summed E-state index contributed by atoms with van der Waals surface area (Å²) in [7, 11) is 1.82. The van der Waals surface area contributed by atoms with Crippen LogP contribution in [0, 0.1) is 0 Å². The van der Waals surface area contributed by atoms with Gasteiger partial charge in [0, 0.05) is 28.2 Å². The number of anilines is 1.